The molecule has 0 aliphatic heterocycles. The van der Waals surface area contributed by atoms with E-state index in [0.717, 1.165) is 6.07 Å². The first kappa shape index (κ1) is 11.6. The zero-order valence-electron chi connectivity index (χ0n) is 7.93. The molecule has 82 valence electrons. The number of benzene rings is 1. The molecule has 0 aliphatic carbocycles. The Kier molecular flexibility index (Phi) is 3.34. The molecule has 1 aromatic carbocycles. The van der Waals surface area contributed by atoms with Gasteiger partial charge in [-0.25, -0.2) is 13.2 Å². The second-order valence-electron chi connectivity index (χ2n) is 3.17. The van der Waals surface area contributed by atoms with Crippen molar-refractivity contribution in [1.29, 1.82) is 0 Å². The highest BCUT2D eigenvalue weighted by molar-refractivity contribution is 5.75. The van der Waals surface area contributed by atoms with Crippen LogP contribution in [-0.4, -0.2) is 11.1 Å². The summed E-state index contributed by atoms with van der Waals surface area (Å²) in [5.41, 5.74) is -0.410. The van der Waals surface area contributed by atoms with Crippen molar-refractivity contribution in [3.05, 3.63) is 34.9 Å². The number of hydrogen-bond donors (Lipinski definition) is 1. The molecule has 0 saturated carbocycles. The molecule has 1 unspecified atom stereocenters. The van der Waals surface area contributed by atoms with Gasteiger partial charge in [-0.15, -0.1) is 0 Å². The number of carboxylic acids is 1. The highest BCUT2D eigenvalue weighted by Crippen LogP contribution is 2.23. The first-order valence-corrected chi connectivity index (χ1v) is 4.24. The summed E-state index contributed by atoms with van der Waals surface area (Å²) in [4.78, 5) is 10.6. The number of alkyl halides is 1. The largest absolute Gasteiger partial charge is 0.481 e. The van der Waals surface area contributed by atoms with E-state index in [1.54, 1.807) is 0 Å². The molecule has 1 aromatic rings. The summed E-state index contributed by atoms with van der Waals surface area (Å²) in [6.45, 7) is 0.249. The lowest BCUT2D eigenvalue weighted by Gasteiger charge is -2.09. The predicted molar refractivity (Wildman–Crippen MR) is 47.2 cm³/mol. The van der Waals surface area contributed by atoms with Crippen LogP contribution in [0, 0.1) is 11.6 Å². The van der Waals surface area contributed by atoms with Crippen LogP contribution in [0.2, 0.25) is 0 Å². The minimum Gasteiger partial charge on any atom is -0.481 e. The molecule has 0 heterocycles. The Labute approximate surface area is 84.3 Å². The van der Waals surface area contributed by atoms with Crippen molar-refractivity contribution in [3.63, 3.8) is 0 Å². The van der Waals surface area contributed by atoms with Crippen LogP contribution < -0.4 is 0 Å². The van der Waals surface area contributed by atoms with Gasteiger partial charge in [0.15, 0.2) is 11.6 Å². The second-order valence-corrected chi connectivity index (χ2v) is 3.17. The van der Waals surface area contributed by atoms with Crippen molar-refractivity contribution in [3.8, 4) is 0 Å². The molecule has 0 fully saturated rings. The normalized spacial score (nSPS) is 12.5. The molecule has 0 bridgehead atoms. The third-order valence-corrected chi connectivity index (χ3v) is 2.11. The lowest BCUT2D eigenvalue weighted by atomic mass is 9.98. The van der Waals surface area contributed by atoms with Crippen LogP contribution in [0.5, 0.6) is 0 Å². The van der Waals surface area contributed by atoms with Crippen LogP contribution in [0.1, 0.15) is 24.0 Å². The van der Waals surface area contributed by atoms with Crippen molar-refractivity contribution in [2.75, 3.05) is 0 Å². The predicted octanol–water partition coefficient (Wildman–Crippen LogP) is 2.62. The minimum atomic E-state index is -1.29. The van der Waals surface area contributed by atoms with Gasteiger partial charge in [-0.1, -0.05) is 0 Å². The number of halogens is 3. The maximum absolute atomic E-state index is 13.2. The summed E-state index contributed by atoms with van der Waals surface area (Å²) in [5, 5.41) is 8.63. The maximum atomic E-state index is 13.2. The van der Waals surface area contributed by atoms with Crippen molar-refractivity contribution in [1.82, 2.24) is 0 Å². The Morgan fingerprint density at radius 3 is 2.53 bits per heavy atom. The topological polar surface area (TPSA) is 37.3 Å². The molecule has 0 saturated heterocycles. The molecule has 0 aliphatic rings. The molecular formula is C10H9F3O2. The van der Waals surface area contributed by atoms with Gasteiger partial charge in [0, 0.05) is 5.56 Å². The van der Waals surface area contributed by atoms with E-state index in [1.807, 2.05) is 0 Å². The highest BCUT2D eigenvalue weighted by Gasteiger charge is 2.21. The Balaban J connectivity index is 3.27. The average molecular weight is 218 g/mol. The van der Waals surface area contributed by atoms with Gasteiger partial charge in [0.2, 0.25) is 0 Å². The van der Waals surface area contributed by atoms with Crippen LogP contribution in [0.25, 0.3) is 0 Å². The number of rotatable bonds is 3. The van der Waals surface area contributed by atoms with Crippen LogP contribution >= 0.6 is 0 Å². The van der Waals surface area contributed by atoms with E-state index in [0.29, 0.717) is 6.07 Å². The summed E-state index contributed by atoms with van der Waals surface area (Å²) in [7, 11) is 0. The highest BCUT2D eigenvalue weighted by atomic mass is 19.2. The van der Waals surface area contributed by atoms with Crippen LogP contribution in [0.4, 0.5) is 13.2 Å². The molecule has 5 heteroatoms. The number of hydrogen-bond acceptors (Lipinski definition) is 1. The summed E-state index contributed by atoms with van der Waals surface area (Å²) in [5.74, 6) is -4.95. The summed E-state index contributed by atoms with van der Waals surface area (Å²) >= 11 is 0. The Hall–Kier alpha value is -1.52. The van der Waals surface area contributed by atoms with Crippen LogP contribution in [0.15, 0.2) is 12.1 Å². The zero-order chi connectivity index (χ0) is 11.6. The van der Waals surface area contributed by atoms with Crippen molar-refractivity contribution < 1.29 is 23.1 Å². The fraction of sp³-hybridized carbons (Fsp3) is 0.300. The molecule has 15 heavy (non-hydrogen) atoms. The molecule has 2 nitrogen and oxygen atoms in total. The van der Waals surface area contributed by atoms with E-state index >= 15 is 0 Å². The quantitative estimate of drug-likeness (QED) is 0.846. The minimum absolute atomic E-state index is 0.0722. The summed E-state index contributed by atoms with van der Waals surface area (Å²) in [6, 6.07) is 1.74. The van der Waals surface area contributed by atoms with E-state index in [-0.39, 0.29) is 11.1 Å². The Morgan fingerprint density at radius 2 is 2.07 bits per heavy atom. The lowest BCUT2D eigenvalue weighted by molar-refractivity contribution is -0.138. The fourth-order valence-corrected chi connectivity index (χ4v) is 1.19. The van der Waals surface area contributed by atoms with E-state index in [9.17, 15) is 18.0 Å². The van der Waals surface area contributed by atoms with Gasteiger partial charge in [-0.3, -0.25) is 4.79 Å². The standard InChI is InChI=1S/C10H9F3O2/c1-5(10(14)15)7-2-6(4-11)3-8(12)9(7)13/h2-3,5H,4H2,1H3,(H,14,15). The fourth-order valence-electron chi connectivity index (χ4n) is 1.19. The van der Waals surface area contributed by atoms with E-state index in [2.05, 4.69) is 0 Å². The van der Waals surface area contributed by atoms with Crippen LogP contribution in [-0.2, 0) is 11.5 Å². The summed E-state index contributed by atoms with van der Waals surface area (Å²) in [6.07, 6.45) is 0. The summed E-state index contributed by atoms with van der Waals surface area (Å²) < 4.78 is 38.3. The Bertz CT molecular complexity index is 390. The third-order valence-electron chi connectivity index (χ3n) is 2.11. The molecular weight excluding hydrogens is 209 g/mol. The van der Waals surface area contributed by atoms with Gasteiger partial charge in [0.05, 0.1) is 5.92 Å². The van der Waals surface area contributed by atoms with Gasteiger partial charge in [-0.05, 0) is 24.6 Å². The lowest BCUT2D eigenvalue weighted by Crippen LogP contribution is -2.11. The first-order chi connectivity index (χ1) is 6.97. The number of carbonyl (C=O) groups is 1. The second kappa shape index (κ2) is 4.33. The number of aliphatic carboxylic acids is 1. The van der Waals surface area contributed by atoms with Crippen molar-refractivity contribution in [2.45, 2.75) is 19.5 Å². The van der Waals surface area contributed by atoms with Crippen molar-refractivity contribution in [2.24, 2.45) is 0 Å². The zero-order valence-corrected chi connectivity index (χ0v) is 7.93. The SMILES string of the molecule is CC(C(=O)O)c1cc(CF)cc(F)c1F. The maximum Gasteiger partial charge on any atom is 0.310 e. The van der Waals surface area contributed by atoms with Crippen LogP contribution in [0.3, 0.4) is 0 Å². The molecule has 0 radical (unpaired) electrons. The molecule has 0 amide bonds. The van der Waals surface area contributed by atoms with E-state index < -0.39 is 30.2 Å². The third kappa shape index (κ3) is 2.29. The van der Waals surface area contributed by atoms with Crippen molar-refractivity contribution >= 4 is 5.97 Å². The monoisotopic (exact) mass is 218 g/mol. The molecule has 1 atom stereocenters. The van der Waals surface area contributed by atoms with Gasteiger partial charge in [0.1, 0.15) is 6.67 Å². The molecule has 0 aromatic heterocycles. The van der Waals surface area contributed by atoms with Gasteiger partial charge in [-0.2, -0.15) is 0 Å². The van der Waals surface area contributed by atoms with Gasteiger partial charge >= 0.3 is 5.97 Å². The molecule has 1 N–H and O–H groups in total. The van der Waals surface area contributed by atoms with Gasteiger partial charge in [0.25, 0.3) is 0 Å². The Morgan fingerprint density at radius 1 is 1.47 bits per heavy atom. The molecule has 0 spiro atoms. The van der Waals surface area contributed by atoms with E-state index in [4.69, 9.17) is 5.11 Å². The average Bonchev–Trinajstić information content (AvgIpc) is 2.20. The van der Waals surface area contributed by atoms with Gasteiger partial charge < -0.3 is 5.11 Å². The smallest absolute Gasteiger partial charge is 0.310 e. The number of carboxylic acid groups (broad SMARTS) is 1. The molecule has 1 rings (SSSR count). The van der Waals surface area contributed by atoms with E-state index in [1.165, 1.54) is 6.92 Å². The first-order valence-electron chi connectivity index (χ1n) is 4.24.